The topological polar surface area (TPSA) is 25.2 Å². The third kappa shape index (κ3) is 8.25. The van der Waals surface area contributed by atoms with Gasteiger partial charge in [-0.15, -0.1) is 0 Å². The summed E-state index contributed by atoms with van der Waals surface area (Å²) in [5.74, 6) is 0.465. The average molecular weight is 829 g/mol. The number of allylic oxidation sites excluding steroid dienone is 7. The molecule has 1 atom stereocenters. The molecule has 2 heterocycles. The van der Waals surface area contributed by atoms with Crippen LogP contribution in [0.15, 0.2) is 170 Å². The molecule has 0 amide bonds. The Morgan fingerprint density at radius 2 is 1.34 bits per heavy atom. The smallest absolute Gasteiger partial charge is 0.0925 e. The van der Waals surface area contributed by atoms with Crippen LogP contribution in [0.1, 0.15) is 101 Å². The van der Waals surface area contributed by atoms with Crippen molar-refractivity contribution in [2.45, 2.75) is 65.7 Å². The average Bonchev–Trinajstić information content (AvgIpc) is 3.34. The molecule has 7 aromatic rings. The number of aromatic nitrogens is 1. The fourth-order valence-electron chi connectivity index (χ4n) is 9.63. The highest BCUT2D eigenvalue weighted by Crippen LogP contribution is 2.39. The fourth-order valence-corrected chi connectivity index (χ4v) is 9.63. The highest BCUT2D eigenvalue weighted by molar-refractivity contribution is 6.14. The third-order valence-corrected chi connectivity index (χ3v) is 13.5. The highest BCUT2D eigenvalue weighted by atomic mass is 14.8. The molecule has 1 aliphatic carbocycles. The Hall–Kier alpha value is -7.16. The first-order chi connectivity index (χ1) is 31.2. The Balaban J connectivity index is 0.954. The Morgan fingerprint density at radius 1 is 0.656 bits per heavy atom. The van der Waals surface area contributed by atoms with E-state index in [1.165, 1.54) is 77.2 Å². The molecule has 0 bridgehead atoms. The van der Waals surface area contributed by atoms with Crippen molar-refractivity contribution in [3.05, 3.63) is 221 Å². The highest BCUT2D eigenvalue weighted by Gasteiger charge is 2.22. The van der Waals surface area contributed by atoms with Crippen LogP contribution >= 0.6 is 0 Å². The minimum absolute atomic E-state index is 0.465. The lowest BCUT2D eigenvalue weighted by Crippen LogP contribution is -2.09. The lowest BCUT2D eigenvalue weighted by Gasteiger charge is -2.22. The zero-order chi connectivity index (χ0) is 44.3. The molecular weight excluding hydrogens is 773 g/mol. The van der Waals surface area contributed by atoms with Crippen molar-refractivity contribution in [3.8, 4) is 22.4 Å². The molecule has 0 spiro atoms. The number of benzene rings is 6. The maximum absolute atomic E-state index is 5.14. The summed E-state index contributed by atoms with van der Waals surface area (Å²) in [7, 11) is 0. The van der Waals surface area contributed by atoms with Gasteiger partial charge in [0, 0.05) is 11.8 Å². The van der Waals surface area contributed by atoms with Crippen molar-refractivity contribution < 1.29 is 0 Å². The molecule has 64 heavy (non-hydrogen) atoms. The monoisotopic (exact) mass is 828 g/mol. The summed E-state index contributed by atoms with van der Waals surface area (Å²) in [5, 5.41) is 4.98. The van der Waals surface area contributed by atoms with Crippen molar-refractivity contribution in [2.24, 2.45) is 4.99 Å². The van der Waals surface area contributed by atoms with E-state index in [9.17, 15) is 0 Å². The molecule has 2 heteroatoms. The zero-order valence-corrected chi connectivity index (χ0v) is 37.7. The summed E-state index contributed by atoms with van der Waals surface area (Å²) in [5.41, 5.74) is 21.2. The molecule has 2 aliphatic rings. The first-order valence-electron chi connectivity index (χ1n) is 22.8. The second-order valence-electron chi connectivity index (χ2n) is 17.4. The molecule has 0 radical (unpaired) electrons. The largest absolute Gasteiger partial charge is 0.259 e. The molecule has 1 aliphatic heterocycles. The van der Waals surface area contributed by atoms with Crippen molar-refractivity contribution in [2.75, 3.05) is 0 Å². The standard InChI is InChI=1S/C62H56N2/c1-8-10-14-50-30-25-47(43(6)60(50)40(3)9-2)20-18-41(4)45-21-26-48(27-22-45)53-33-36-57-55(44(7)54-16-11-12-17-56(54)58(57)39-53)35-19-42(5)46-23-28-49(29-24-46)59-37-34-52-32-31-51-15-13-38-63-61(51)62(52)64-59/h8,10-12,14,16-30,33-40H,1,4-5,9,13,15,31-32H2,2-3,6-7H3/b14-10-,20-18-,35-19-. The van der Waals surface area contributed by atoms with Gasteiger partial charge in [0.1, 0.15) is 0 Å². The van der Waals surface area contributed by atoms with Crippen LogP contribution in [0, 0.1) is 13.8 Å². The van der Waals surface area contributed by atoms with E-state index in [1.807, 2.05) is 18.4 Å². The number of pyridine rings is 1. The van der Waals surface area contributed by atoms with Crippen molar-refractivity contribution in [3.63, 3.8) is 0 Å². The third-order valence-electron chi connectivity index (χ3n) is 13.5. The Labute approximate surface area is 379 Å². The number of aryl methyl sites for hydroxylation is 2. The van der Waals surface area contributed by atoms with Gasteiger partial charge in [0.2, 0.25) is 0 Å². The number of hydrogen-bond acceptors (Lipinski definition) is 2. The fraction of sp³-hybridized carbons (Fsp3) is 0.161. The van der Waals surface area contributed by atoms with Gasteiger partial charge in [-0.3, -0.25) is 4.99 Å². The maximum atomic E-state index is 5.14. The van der Waals surface area contributed by atoms with Crippen molar-refractivity contribution >= 4 is 62.8 Å². The Kier molecular flexibility index (Phi) is 12.0. The van der Waals surface area contributed by atoms with E-state index >= 15 is 0 Å². The quantitative estimate of drug-likeness (QED) is 0.0890. The first kappa shape index (κ1) is 42.2. The summed E-state index contributed by atoms with van der Waals surface area (Å²) in [6.45, 7) is 21.9. The number of aliphatic imine (C=N–C) groups is 1. The van der Waals surface area contributed by atoms with Crippen molar-refractivity contribution in [1.29, 1.82) is 0 Å². The van der Waals surface area contributed by atoms with Gasteiger partial charge in [-0.05, 0) is 163 Å². The summed E-state index contributed by atoms with van der Waals surface area (Å²) in [6.07, 6.45) is 22.2. The van der Waals surface area contributed by atoms with Crippen LogP contribution in [0.25, 0.3) is 79.0 Å². The molecule has 0 fully saturated rings. The summed E-state index contributed by atoms with van der Waals surface area (Å²) in [6, 6.07) is 41.9. The van der Waals surface area contributed by atoms with E-state index in [-0.39, 0.29) is 0 Å². The van der Waals surface area contributed by atoms with Gasteiger partial charge in [-0.25, -0.2) is 4.98 Å². The lowest BCUT2D eigenvalue weighted by molar-refractivity contribution is 0.726. The molecule has 314 valence electrons. The van der Waals surface area contributed by atoms with Gasteiger partial charge in [0.25, 0.3) is 0 Å². The molecular formula is C62H56N2. The lowest BCUT2D eigenvalue weighted by atomic mass is 9.86. The van der Waals surface area contributed by atoms with Crippen LogP contribution in [0.3, 0.4) is 0 Å². The Morgan fingerprint density at radius 3 is 2.08 bits per heavy atom. The predicted octanol–water partition coefficient (Wildman–Crippen LogP) is 17.0. The minimum atomic E-state index is 0.465. The van der Waals surface area contributed by atoms with E-state index in [1.54, 1.807) is 0 Å². The SMILES string of the molecule is C=C/C=C\c1ccc(/C=C\C(=C)c2ccc(-c3ccc4c(/C=C\C(=C)c5ccc(-c6ccc7c(n6)C6=C(CCC=N6)CC7)cc5)c(C)c5ccccc5c4c3)cc2)c(C)c1C(C)CC. The minimum Gasteiger partial charge on any atom is -0.259 e. The summed E-state index contributed by atoms with van der Waals surface area (Å²) >= 11 is 0. The van der Waals surface area contributed by atoms with Crippen LogP contribution in [-0.4, -0.2) is 11.2 Å². The van der Waals surface area contributed by atoms with Crippen molar-refractivity contribution in [1.82, 2.24) is 4.98 Å². The molecule has 0 saturated carbocycles. The number of hydrogen-bond donors (Lipinski definition) is 0. The van der Waals surface area contributed by atoms with Crippen LogP contribution in [0.4, 0.5) is 0 Å². The molecule has 0 N–H and O–H groups in total. The second-order valence-corrected chi connectivity index (χ2v) is 17.4. The number of fused-ring (bicyclic) bond motifs is 5. The van der Waals surface area contributed by atoms with Gasteiger partial charge in [0.05, 0.1) is 17.1 Å². The van der Waals surface area contributed by atoms with E-state index in [2.05, 4.69) is 193 Å². The van der Waals surface area contributed by atoms with Gasteiger partial charge in [-0.2, -0.15) is 0 Å². The number of rotatable bonds is 12. The predicted molar refractivity (Wildman–Crippen MR) is 280 cm³/mol. The van der Waals surface area contributed by atoms with E-state index < -0.39 is 0 Å². The summed E-state index contributed by atoms with van der Waals surface area (Å²) < 4.78 is 0. The van der Waals surface area contributed by atoms with Crippen LogP contribution in [-0.2, 0) is 6.42 Å². The van der Waals surface area contributed by atoms with Gasteiger partial charge in [0.15, 0.2) is 0 Å². The van der Waals surface area contributed by atoms with Gasteiger partial charge >= 0.3 is 0 Å². The summed E-state index contributed by atoms with van der Waals surface area (Å²) in [4.78, 5) is 9.91. The van der Waals surface area contributed by atoms with Gasteiger partial charge in [-0.1, -0.05) is 179 Å². The van der Waals surface area contributed by atoms with Gasteiger partial charge < -0.3 is 0 Å². The maximum Gasteiger partial charge on any atom is 0.0925 e. The zero-order valence-electron chi connectivity index (χ0n) is 37.7. The molecule has 1 aromatic heterocycles. The number of nitrogens with zero attached hydrogens (tertiary/aromatic N) is 2. The molecule has 1 unspecified atom stereocenters. The molecule has 0 saturated heterocycles. The van der Waals surface area contributed by atoms with E-state index in [0.29, 0.717) is 5.92 Å². The van der Waals surface area contributed by atoms with E-state index in [4.69, 9.17) is 9.98 Å². The van der Waals surface area contributed by atoms with Crippen LogP contribution in [0.2, 0.25) is 0 Å². The molecule has 2 nitrogen and oxygen atoms in total. The van der Waals surface area contributed by atoms with E-state index in [0.717, 1.165) is 77.0 Å². The molecule has 6 aromatic carbocycles. The normalized spacial score (nSPS) is 14.2. The Bertz CT molecular complexity index is 3140. The second kappa shape index (κ2) is 18.3. The molecule has 9 rings (SSSR count). The van der Waals surface area contributed by atoms with Crippen LogP contribution < -0.4 is 0 Å². The van der Waals surface area contributed by atoms with Crippen LogP contribution in [0.5, 0.6) is 0 Å². The first-order valence-corrected chi connectivity index (χ1v) is 22.8.